The summed E-state index contributed by atoms with van der Waals surface area (Å²) in [4.78, 5) is 61.0. The molecule has 216 valence electrons. The Kier molecular flexibility index (Phi) is 3.78. The smallest absolute Gasteiger partial charge is 0.408 e. The number of carbonyl (C=O) groups excluding carboxylic acids is 2. The number of halogens is 1. The van der Waals surface area contributed by atoms with Crippen LogP contribution < -0.4 is 16.8 Å². The first kappa shape index (κ1) is 23.5. The lowest BCUT2D eigenvalue weighted by Crippen LogP contribution is -2.82. The van der Waals surface area contributed by atoms with Crippen LogP contribution in [-0.2, 0) is 12.0 Å². The van der Waals surface area contributed by atoms with E-state index in [2.05, 4.69) is 30.5 Å². The van der Waals surface area contributed by atoms with Crippen molar-refractivity contribution in [3.63, 3.8) is 0 Å². The zero-order valence-electron chi connectivity index (χ0n) is 22.4. The maximum absolute atomic E-state index is 14.6. The van der Waals surface area contributed by atoms with Gasteiger partial charge < -0.3 is 14.6 Å². The van der Waals surface area contributed by atoms with Crippen LogP contribution in [0, 0.1) is 40.3 Å². The Labute approximate surface area is 238 Å². The molecule has 2 amide bonds. The zero-order chi connectivity index (χ0) is 29.2. The minimum absolute atomic E-state index is 0.0318. The first-order chi connectivity index (χ1) is 20.7. The van der Waals surface area contributed by atoms with Gasteiger partial charge in [0.05, 0.1) is 11.7 Å². The Bertz CT molecular complexity index is 2240. The molecule has 4 heterocycles. The molecule has 7 atom stereocenters. The van der Waals surface area contributed by atoms with E-state index in [-0.39, 0.29) is 39.8 Å². The topological polar surface area (TPSA) is 184 Å². The van der Waals surface area contributed by atoms with Crippen molar-refractivity contribution in [1.82, 2.24) is 39.9 Å². The quantitative estimate of drug-likeness (QED) is 0.249. The number of nitrogens with zero attached hydrogens (tertiary/aromatic N) is 5. The monoisotopic (exact) mass is 584 g/mol. The second-order valence-electron chi connectivity index (χ2n) is 12.7. The fourth-order valence-electron chi connectivity index (χ4n) is 10.4. The molecule has 1 aromatic carbocycles. The molecule has 0 bridgehead atoms. The standard InChI is InChI=1S/C28H21FN8O6/c1-36(9-26-8-27-18(26)17-16(26)19(27)28(17,27)23-34-25(41)43-35-23)22(39)14-5-13(32-20-11(29)7-31-37(14)20)21(38)30-6-10-2-3-15-12(4-10)33-24(40)42-15/h2-5,7,16-19H,6,8-9H2,1H3,(H,30,38)(H,33,40)(H,34,35,41). The summed E-state index contributed by atoms with van der Waals surface area (Å²) >= 11 is 0. The van der Waals surface area contributed by atoms with Gasteiger partial charge in [-0.25, -0.2) is 23.5 Å². The molecule has 5 aromatic rings. The predicted octanol–water partition coefficient (Wildman–Crippen LogP) is 0.815. The first-order valence-electron chi connectivity index (χ1n) is 14.0. The van der Waals surface area contributed by atoms with E-state index < -0.39 is 29.1 Å². The molecule has 5 aliphatic rings. The van der Waals surface area contributed by atoms with Crippen LogP contribution >= 0.6 is 0 Å². The summed E-state index contributed by atoms with van der Waals surface area (Å²) in [5.41, 5.74) is 1.43. The predicted molar refractivity (Wildman–Crippen MR) is 140 cm³/mol. The second kappa shape index (κ2) is 6.93. The number of aromatic amines is 2. The van der Waals surface area contributed by atoms with Crippen LogP contribution in [0.1, 0.15) is 38.8 Å². The van der Waals surface area contributed by atoms with Gasteiger partial charge in [-0.15, -0.1) is 0 Å². The van der Waals surface area contributed by atoms with Crippen LogP contribution in [0.5, 0.6) is 0 Å². The van der Waals surface area contributed by atoms with Crippen molar-refractivity contribution in [3.05, 3.63) is 80.2 Å². The van der Waals surface area contributed by atoms with E-state index in [9.17, 15) is 23.6 Å². The fraction of sp³-hybridized carbons (Fsp3) is 0.393. The summed E-state index contributed by atoms with van der Waals surface area (Å²) in [6.45, 7) is 0.633. The molecule has 1 spiro atoms. The molecule has 0 radical (unpaired) electrons. The highest BCUT2D eigenvalue weighted by molar-refractivity contribution is 5.98. The largest absolute Gasteiger partial charge is 0.438 e. The Morgan fingerprint density at radius 2 is 2.05 bits per heavy atom. The lowest BCUT2D eigenvalue weighted by atomic mass is 9.22. The van der Waals surface area contributed by atoms with Crippen LogP contribution in [0.3, 0.4) is 0 Å². The average Bonchev–Trinajstić information content (AvgIpc) is 3.71. The number of fused-ring (bicyclic) bond motifs is 4. The van der Waals surface area contributed by atoms with E-state index in [1.165, 1.54) is 6.07 Å². The minimum Gasteiger partial charge on any atom is -0.408 e. The fourth-order valence-corrected chi connectivity index (χ4v) is 10.4. The van der Waals surface area contributed by atoms with Gasteiger partial charge in [0.15, 0.2) is 22.9 Å². The molecule has 0 aliphatic heterocycles. The number of H-pyrrole nitrogens is 2. The van der Waals surface area contributed by atoms with E-state index in [1.54, 1.807) is 30.1 Å². The maximum atomic E-state index is 14.6. The minimum atomic E-state index is -0.753. The zero-order valence-corrected chi connectivity index (χ0v) is 22.4. The molecule has 10 rings (SSSR count). The number of carbonyl (C=O) groups is 2. The summed E-state index contributed by atoms with van der Waals surface area (Å²) < 4.78 is 25.6. The number of nitrogens with one attached hydrogen (secondary N) is 3. The highest BCUT2D eigenvalue weighted by Gasteiger charge is 3.17. The Hall–Kier alpha value is -5.08. The summed E-state index contributed by atoms with van der Waals surface area (Å²) in [6, 6.07) is 6.32. The summed E-state index contributed by atoms with van der Waals surface area (Å²) in [6.07, 6.45) is 1.93. The van der Waals surface area contributed by atoms with E-state index >= 15 is 0 Å². The van der Waals surface area contributed by atoms with Gasteiger partial charge in [-0.05, 0) is 58.6 Å². The SMILES string of the molecule is CN(CC12CC34C1C1C2C3C14c1noc(=O)[nH]1)C(=O)c1cc(C(=O)NCc2ccc3oc(=O)[nH]c3c2)nc2c(F)cnn12. The number of rotatable bonds is 7. The molecule has 43 heavy (non-hydrogen) atoms. The van der Waals surface area contributed by atoms with Crippen LogP contribution in [-0.4, -0.2) is 60.0 Å². The van der Waals surface area contributed by atoms with Crippen molar-refractivity contribution in [2.24, 2.45) is 34.5 Å². The maximum Gasteiger partial charge on any atom is 0.438 e. The molecule has 15 heteroatoms. The van der Waals surface area contributed by atoms with Crippen LogP contribution in [0.25, 0.3) is 16.7 Å². The van der Waals surface area contributed by atoms with Gasteiger partial charge in [0, 0.05) is 31.6 Å². The summed E-state index contributed by atoms with van der Waals surface area (Å²) in [5, 5.41) is 10.8. The highest BCUT2D eigenvalue weighted by Crippen LogP contribution is 3.16. The Balaban J connectivity index is 0.890. The van der Waals surface area contributed by atoms with E-state index in [0.29, 0.717) is 52.7 Å². The number of hydrogen-bond acceptors (Lipinski definition) is 9. The van der Waals surface area contributed by atoms with Crippen molar-refractivity contribution in [1.29, 1.82) is 0 Å². The molecule has 14 nitrogen and oxygen atoms in total. The molecule has 5 saturated carbocycles. The van der Waals surface area contributed by atoms with Gasteiger partial charge in [-0.3, -0.25) is 24.1 Å². The molecule has 4 aromatic heterocycles. The molecule has 7 unspecified atom stereocenters. The molecule has 5 fully saturated rings. The van der Waals surface area contributed by atoms with Gasteiger partial charge in [0.25, 0.3) is 11.8 Å². The second-order valence-corrected chi connectivity index (χ2v) is 12.7. The molecular formula is C28H21FN8O6. The van der Waals surface area contributed by atoms with Gasteiger partial charge >= 0.3 is 11.5 Å². The van der Waals surface area contributed by atoms with Crippen LogP contribution in [0.2, 0.25) is 0 Å². The van der Waals surface area contributed by atoms with Crippen LogP contribution in [0.4, 0.5) is 4.39 Å². The van der Waals surface area contributed by atoms with Crippen molar-refractivity contribution < 1.29 is 22.9 Å². The van der Waals surface area contributed by atoms with Gasteiger partial charge in [-0.2, -0.15) is 5.10 Å². The van der Waals surface area contributed by atoms with Gasteiger partial charge in [0.1, 0.15) is 11.4 Å². The third-order valence-electron chi connectivity index (χ3n) is 11.4. The summed E-state index contributed by atoms with van der Waals surface area (Å²) in [7, 11) is 1.71. The lowest BCUT2D eigenvalue weighted by molar-refractivity contribution is -0.327. The van der Waals surface area contributed by atoms with Crippen molar-refractivity contribution >= 4 is 28.6 Å². The number of oxazole rings is 1. The van der Waals surface area contributed by atoms with E-state index in [4.69, 9.17) is 8.94 Å². The van der Waals surface area contributed by atoms with Gasteiger partial charge in [0.2, 0.25) is 0 Å². The lowest BCUT2D eigenvalue weighted by Gasteiger charge is -2.81. The number of benzene rings is 1. The number of amides is 2. The van der Waals surface area contributed by atoms with Gasteiger partial charge in [-0.1, -0.05) is 11.2 Å². The van der Waals surface area contributed by atoms with Crippen molar-refractivity contribution in [3.8, 4) is 0 Å². The van der Waals surface area contributed by atoms with Crippen LogP contribution in [0.15, 0.2) is 49.0 Å². The molecular weight excluding hydrogens is 563 g/mol. The Morgan fingerprint density at radius 1 is 1.19 bits per heavy atom. The van der Waals surface area contributed by atoms with E-state index in [1.807, 2.05) is 0 Å². The normalized spacial score (nSPS) is 33.2. The number of aromatic nitrogens is 6. The highest BCUT2D eigenvalue weighted by atomic mass is 19.1. The van der Waals surface area contributed by atoms with E-state index in [0.717, 1.165) is 17.1 Å². The number of hydrogen-bond donors (Lipinski definition) is 3. The average molecular weight is 585 g/mol. The first-order valence-corrected chi connectivity index (χ1v) is 14.0. The summed E-state index contributed by atoms with van der Waals surface area (Å²) in [5.74, 6) is -0.260. The van der Waals surface area contributed by atoms with Crippen molar-refractivity contribution in [2.75, 3.05) is 13.6 Å². The molecule has 0 saturated heterocycles. The molecule has 3 N–H and O–H groups in total. The molecule has 5 aliphatic carbocycles. The third kappa shape index (κ3) is 2.33. The van der Waals surface area contributed by atoms with Crippen molar-refractivity contribution in [2.45, 2.75) is 18.4 Å². The Morgan fingerprint density at radius 3 is 2.77 bits per heavy atom. The third-order valence-corrected chi connectivity index (χ3v) is 11.4.